The van der Waals surface area contributed by atoms with Crippen molar-refractivity contribution < 1.29 is 4.79 Å². The lowest BCUT2D eigenvalue weighted by molar-refractivity contribution is -0.134. The van der Waals surface area contributed by atoms with E-state index in [4.69, 9.17) is 0 Å². The highest BCUT2D eigenvalue weighted by atomic mass is 16.2. The van der Waals surface area contributed by atoms with Crippen molar-refractivity contribution in [2.24, 2.45) is 0 Å². The monoisotopic (exact) mass is 298 g/mol. The van der Waals surface area contributed by atoms with Crippen molar-refractivity contribution in [2.75, 3.05) is 6.54 Å². The number of pyridine rings is 1. The van der Waals surface area contributed by atoms with Crippen molar-refractivity contribution in [3.05, 3.63) is 48.0 Å². The molecule has 2 aromatic rings. The van der Waals surface area contributed by atoms with Crippen molar-refractivity contribution in [3.63, 3.8) is 0 Å². The maximum absolute atomic E-state index is 12.7. The molecule has 1 aliphatic rings. The highest BCUT2D eigenvalue weighted by Gasteiger charge is 2.27. The van der Waals surface area contributed by atoms with E-state index in [-0.39, 0.29) is 11.9 Å². The molecule has 0 aliphatic carbocycles. The van der Waals surface area contributed by atoms with Crippen LogP contribution in [0.1, 0.15) is 30.5 Å². The van der Waals surface area contributed by atoms with Gasteiger partial charge in [0.05, 0.1) is 19.0 Å². The van der Waals surface area contributed by atoms with E-state index < -0.39 is 0 Å². The molecule has 1 aliphatic heterocycles. The minimum atomic E-state index is 0.197. The second-order valence-electron chi connectivity index (χ2n) is 5.95. The molecule has 3 heterocycles. The Hall–Kier alpha value is -2.17. The molecule has 0 unspecified atom stereocenters. The van der Waals surface area contributed by atoms with Crippen LogP contribution in [-0.4, -0.2) is 38.2 Å². The fourth-order valence-electron chi connectivity index (χ4n) is 3.02. The van der Waals surface area contributed by atoms with Gasteiger partial charge in [0.1, 0.15) is 0 Å². The zero-order chi connectivity index (χ0) is 15.4. The van der Waals surface area contributed by atoms with Crippen LogP contribution in [0, 0.1) is 6.92 Å². The number of carbonyl (C=O) groups is 1. The molecular formula is C17H22N4O. The molecule has 0 aromatic carbocycles. The average Bonchev–Trinajstić information content (AvgIpc) is 3.03. The van der Waals surface area contributed by atoms with Crippen molar-refractivity contribution in [1.29, 1.82) is 0 Å². The number of hydrogen-bond acceptors (Lipinski definition) is 3. The second kappa shape index (κ2) is 6.73. The molecule has 0 radical (unpaired) electrons. The summed E-state index contributed by atoms with van der Waals surface area (Å²) in [5.74, 6) is 0.197. The van der Waals surface area contributed by atoms with Gasteiger partial charge in [-0.25, -0.2) is 0 Å². The third-order valence-corrected chi connectivity index (χ3v) is 4.23. The lowest BCUT2D eigenvalue weighted by atomic mass is 10.0. The number of rotatable bonds is 4. The van der Waals surface area contributed by atoms with Gasteiger partial charge in [0.15, 0.2) is 0 Å². The first-order valence-electron chi connectivity index (χ1n) is 7.91. The summed E-state index contributed by atoms with van der Waals surface area (Å²) in [6, 6.07) is 6.12. The standard InChI is InChI=1S/C17H22N4O/c1-14-6-7-15(12-18-14)11-17(22)21-10-3-2-5-16(21)13-20-9-4-8-19-20/h4,6-9,12,16H,2-3,5,10-11,13H2,1H3/t16-/m1/s1. The summed E-state index contributed by atoms with van der Waals surface area (Å²) in [5.41, 5.74) is 1.96. The molecule has 22 heavy (non-hydrogen) atoms. The van der Waals surface area contributed by atoms with Gasteiger partial charge in [-0.3, -0.25) is 14.5 Å². The number of likely N-dealkylation sites (tertiary alicyclic amines) is 1. The fraction of sp³-hybridized carbons (Fsp3) is 0.471. The van der Waals surface area contributed by atoms with Crippen LogP contribution < -0.4 is 0 Å². The number of nitrogens with zero attached hydrogens (tertiary/aromatic N) is 4. The first-order chi connectivity index (χ1) is 10.7. The second-order valence-corrected chi connectivity index (χ2v) is 5.95. The summed E-state index contributed by atoms with van der Waals surface area (Å²) in [4.78, 5) is 19.0. The van der Waals surface area contributed by atoms with Crippen LogP contribution >= 0.6 is 0 Å². The Balaban J connectivity index is 1.66. The quantitative estimate of drug-likeness (QED) is 0.869. The van der Waals surface area contributed by atoms with Crippen LogP contribution in [0.4, 0.5) is 0 Å². The lowest BCUT2D eigenvalue weighted by Crippen LogP contribution is -2.46. The molecule has 2 aromatic heterocycles. The SMILES string of the molecule is Cc1ccc(CC(=O)N2CCCC[C@@H]2Cn2cccn2)cn1. The van der Waals surface area contributed by atoms with Gasteiger partial charge in [0.2, 0.25) is 5.91 Å². The van der Waals surface area contributed by atoms with E-state index in [2.05, 4.69) is 10.1 Å². The molecule has 1 atom stereocenters. The topological polar surface area (TPSA) is 51.0 Å². The first-order valence-corrected chi connectivity index (χ1v) is 7.91. The van der Waals surface area contributed by atoms with E-state index >= 15 is 0 Å². The van der Waals surface area contributed by atoms with Crippen LogP contribution in [0.2, 0.25) is 0 Å². The van der Waals surface area contributed by atoms with E-state index in [9.17, 15) is 4.79 Å². The van der Waals surface area contributed by atoms with Crippen molar-refractivity contribution in [3.8, 4) is 0 Å². The molecule has 3 rings (SSSR count). The number of amides is 1. The molecule has 1 fully saturated rings. The fourth-order valence-corrected chi connectivity index (χ4v) is 3.02. The number of aromatic nitrogens is 3. The summed E-state index contributed by atoms with van der Waals surface area (Å²) in [5, 5.41) is 4.27. The molecule has 0 N–H and O–H groups in total. The zero-order valence-electron chi connectivity index (χ0n) is 13.0. The predicted molar refractivity (Wildman–Crippen MR) is 84.3 cm³/mol. The van der Waals surface area contributed by atoms with Gasteiger partial charge >= 0.3 is 0 Å². The Bertz CT molecular complexity index is 606. The Morgan fingerprint density at radius 2 is 2.27 bits per heavy atom. The molecular weight excluding hydrogens is 276 g/mol. The van der Waals surface area contributed by atoms with Gasteiger partial charge in [-0.2, -0.15) is 5.10 Å². The number of piperidine rings is 1. The summed E-state index contributed by atoms with van der Waals surface area (Å²) in [7, 11) is 0. The zero-order valence-corrected chi connectivity index (χ0v) is 13.0. The van der Waals surface area contributed by atoms with E-state index in [1.165, 1.54) is 6.42 Å². The Labute approximate surface area is 131 Å². The first kappa shape index (κ1) is 14.8. The van der Waals surface area contributed by atoms with Crippen molar-refractivity contribution >= 4 is 5.91 Å². The summed E-state index contributed by atoms with van der Waals surface area (Å²) in [6.45, 7) is 3.59. The molecule has 0 spiro atoms. The van der Waals surface area contributed by atoms with E-state index in [0.29, 0.717) is 6.42 Å². The molecule has 0 saturated carbocycles. The Kier molecular flexibility index (Phi) is 4.51. The maximum Gasteiger partial charge on any atom is 0.227 e. The molecule has 1 amide bonds. The maximum atomic E-state index is 12.7. The molecule has 116 valence electrons. The molecule has 5 heteroatoms. The van der Waals surface area contributed by atoms with Crippen LogP contribution in [0.15, 0.2) is 36.8 Å². The summed E-state index contributed by atoms with van der Waals surface area (Å²) < 4.78 is 1.92. The minimum absolute atomic E-state index is 0.197. The summed E-state index contributed by atoms with van der Waals surface area (Å²) >= 11 is 0. The third-order valence-electron chi connectivity index (χ3n) is 4.23. The lowest BCUT2D eigenvalue weighted by Gasteiger charge is -2.36. The molecule has 5 nitrogen and oxygen atoms in total. The largest absolute Gasteiger partial charge is 0.338 e. The van der Waals surface area contributed by atoms with Gasteiger partial charge in [-0.05, 0) is 43.9 Å². The van der Waals surface area contributed by atoms with Crippen LogP contribution in [0.3, 0.4) is 0 Å². The van der Waals surface area contributed by atoms with Gasteiger partial charge in [-0.1, -0.05) is 6.07 Å². The van der Waals surface area contributed by atoms with Gasteiger partial charge < -0.3 is 4.90 Å². The van der Waals surface area contributed by atoms with Crippen LogP contribution in [0.25, 0.3) is 0 Å². The summed E-state index contributed by atoms with van der Waals surface area (Å²) in [6.07, 6.45) is 9.31. The normalized spacial score (nSPS) is 18.4. The van der Waals surface area contributed by atoms with Gasteiger partial charge in [0, 0.05) is 30.8 Å². The smallest absolute Gasteiger partial charge is 0.227 e. The highest BCUT2D eigenvalue weighted by molar-refractivity contribution is 5.79. The van der Waals surface area contributed by atoms with Crippen molar-refractivity contribution in [1.82, 2.24) is 19.7 Å². The minimum Gasteiger partial charge on any atom is -0.338 e. The Morgan fingerprint density at radius 1 is 1.36 bits per heavy atom. The molecule has 1 saturated heterocycles. The highest BCUT2D eigenvalue weighted by Crippen LogP contribution is 2.19. The predicted octanol–water partition coefficient (Wildman–Crippen LogP) is 2.21. The number of carbonyl (C=O) groups excluding carboxylic acids is 1. The van der Waals surface area contributed by atoms with Crippen molar-refractivity contribution in [2.45, 2.75) is 45.2 Å². The van der Waals surface area contributed by atoms with Gasteiger partial charge in [-0.15, -0.1) is 0 Å². The average molecular weight is 298 g/mol. The van der Waals surface area contributed by atoms with E-state index in [0.717, 1.165) is 37.2 Å². The third kappa shape index (κ3) is 3.53. The van der Waals surface area contributed by atoms with Crippen LogP contribution in [-0.2, 0) is 17.8 Å². The number of hydrogen-bond donors (Lipinski definition) is 0. The van der Waals surface area contributed by atoms with E-state index in [1.54, 1.807) is 12.4 Å². The van der Waals surface area contributed by atoms with Crippen LogP contribution in [0.5, 0.6) is 0 Å². The van der Waals surface area contributed by atoms with E-state index in [1.807, 2.05) is 40.9 Å². The molecule has 0 bridgehead atoms. The number of aryl methyl sites for hydroxylation is 1. The Morgan fingerprint density at radius 3 is 3.00 bits per heavy atom. The van der Waals surface area contributed by atoms with Gasteiger partial charge in [0.25, 0.3) is 0 Å².